The summed E-state index contributed by atoms with van der Waals surface area (Å²) >= 11 is 0. The van der Waals surface area contributed by atoms with Gasteiger partial charge in [0.15, 0.2) is 11.5 Å². The van der Waals surface area contributed by atoms with Crippen LogP contribution in [0.5, 0.6) is 11.5 Å². The van der Waals surface area contributed by atoms with Crippen molar-refractivity contribution < 1.29 is 14.3 Å². The van der Waals surface area contributed by atoms with Gasteiger partial charge >= 0.3 is 0 Å². The van der Waals surface area contributed by atoms with Gasteiger partial charge in [-0.1, -0.05) is 26.8 Å². The molecule has 0 unspecified atom stereocenters. The molecule has 31 heavy (non-hydrogen) atoms. The zero-order valence-corrected chi connectivity index (χ0v) is 19.0. The van der Waals surface area contributed by atoms with E-state index in [4.69, 9.17) is 9.47 Å². The fourth-order valence-electron chi connectivity index (χ4n) is 4.35. The number of rotatable bonds is 5. The Morgan fingerprint density at radius 1 is 1.26 bits per heavy atom. The van der Waals surface area contributed by atoms with E-state index in [2.05, 4.69) is 34.3 Å². The van der Waals surface area contributed by atoms with Gasteiger partial charge in [0.05, 0.1) is 11.7 Å². The van der Waals surface area contributed by atoms with Crippen molar-refractivity contribution in [3.8, 4) is 11.5 Å². The van der Waals surface area contributed by atoms with Gasteiger partial charge in [-0.05, 0) is 67.6 Å². The number of likely N-dealkylation sites (tertiary alicyclic amines) is 1. The number of aryl methyl sites for hydroxylation is 1. The van der Waals surface area contributed by atoms with Crippen molar-refractivity contribution in [2.24, 2.45) is 11.3 Å². The summed E-state index contributed by atoms with van der Waals surface area (Å²) in [7, 11) is 0. The molecule has 2 aromatic rings. The molecule has 0 spiro atoms. The molecule has 3 heterocycles. The highest BCUT2D eigenvalue weighted by molar-refractivity contribution is 5.81. The van der Waals surface area contributed by atoms with Gasteiger partial charge in [-0.2, -0.15) is 0 Å². The topological polar surface area (TPSA) is 63.7 Å². The minimum atomic E-state index is -0.440. The molecule has 0 bridgehead atoms. The molecule has 166 valence electrons. The number of carbonyl (C=O) groups is 1. The largest absolute Gasteiger partial charge is 0.454 e. The first-order valence-electron chi connectivity index (χ1n) is 11.1. The fourth-order valence-corrected chi connectivity index (χ4v) is 4.35. The van der Waals surface area contributed by atoms with E-state index < -0.39 is 5.41 Å². The minimum Gasteiger partial charge on any atom is -0.454 e. The number of piperidine rings is 1. The second-order valence-corrected chi connectivity index (χ2v) is 9.73. The summed E-state index contributed by atoms with van der Waals surface area (Å²) < 4.78 is 11.1. The molecule has 2 aliphatic heterocycles. The maximum Gasteiger partial charge on any atom is 0.231 e. The summed E-state index contributed by atoms with van der Waals surface area (Å²) in [5, 5.41) is 3.31. The smallest absolute Gasteiger partial charge is 0.231 e. The fraction of sp³-hybridized carbons (Fsp3) is 0.520. The Morgan fingerprint density at radius 3 is 2.74 bits per heavy atom. The van der Waals surface area contributed by atoms with E-state index >= 15 is 0 Å². The molecule has 1 amide bonds. The number of nitrogens with one attached hydrogen (secondary N) is 1. The number of amides is 1. The Kier molecular flexibility index (Phi) is 6.19. The Balaban J connectivity index is 1.51. The molecule has 1 fully saturated rings. The van der Waals surface area contributed by atoms with Crippen molar-refractivity contribution in [3.63, 3.8) is 0 Å². The van der Waals surface area contributed by atoms with Crippen LogP contribution in [0.3, 0.4) is 0 Å². The van der Waals surface area contributed by atoms with Gasteiger partial charge in [0.2, 0.25) is 12.7 Å². The number of fused-ring (bicyclic) bond motifs is 1. The first kappa shape index (κ1) is 21.6. The lowest BCUT2D eigenvalue weighted by Gasteiger charge is -2.38. The SMILES string of the molecule is Cc1cc2c(cc1CN1CCC[C@H]([C@H](NC(=O)C(C)(C)C)c3ccccn3)C1)OCO2. The lowest BCUT2D eigenvalue weighted by molar-refractivity contribution is -0.130. The predicted octanol–water partition coefficient (Wildman–Crippen LogP) is 4.23. The number of aromatic nitrogens is 1. The summed E-state index contributed by atoms with van der Waals surface area (Å²) in [4.78, 5) is 19.9. The summed E-state index contributed by atoms with van der Waals surface area (Å²) in [6, 6.07) is 10.0. The second-order valence-electron chi connectivity index (χ2n) is 9.73. The van der Waals surface area contributed by atoms with E-state index in [0.29, 0.717) is 12.7 Å². The molecule has 1 saturated heterocycles. The highest BCUT2D eigenvalue weighted by Crippen LogP contribution is 2.36. The Hall–Kier alpha value is -2.60. The van der Waals surface area contributed by atoms with Crippen molar-refractivity contribution in [1.82, 2.24) is 15.2 Å². The number of ether oxygens (including phenoxy) is 2. The van der Waals surface area contributed by atoms with E-state index in [-0.39, 0.29) is 11.9 Å². The molecule has 6 heteroatoms. The zero-order chi connectivity index (χ0) is 22.0. The molecule has 2 atom stereocenters. The molecule has 6 nitrogen and oxygen atoms in total. The van der Waals surface area contributed by atoms with E-state index in [1.807, 2.05) is 45.2 Å². The number of pyridine rings is 1. The molecular weight excluding hydrogens is 390 g/mol. The standard InChI is InChI=1S/C25H33N3O3/c1-17-12-21-22(31-16-30-21)13-19(17)15-28-11-7-8-18(14-28)23(20-9-5-6-10-26-20)27-24(29)25(2,3)4/h5-6,9-10,12-13,18,23H,7-8,11,14-16H2,1-4H3,(H,27,29)/t18-,23-/m0/s1. The van der Waals surface area contributed by atoms with Crippen molar-refractivity contribution in [2.75, 3.05) is 19.9 Å². The first-order valence-corrected chi connectivity index (χ1v) is 11.1. The van der Waals surface area contributed by atoms with Crippen LogP contribution in [-0.2, 0) is 11.3 Å². The molecule has 1 N–H and O–H groups in total. The summed E-state index contributed by atoms with van der Waals surface area (Å²) in [5.74, 6) is 2.03. The van der Waals surface area contributed by atoms with Crippen LogP contribution in [0, 0.1) is 18.3 Å². The van der Waals surface area contributed by atoms with Crippen molar-refractivity contribution in [3.05, 3.63) is 53.3 Å². The number of carbonyl (C=O) groups excluding carboxylic acids is 1. The van der Waals surface area contributed by atoms with Gasteiger partial charge in [0.1, 0.15) is 0 Å². The molecule has 0 aliphatic carbocycles. The van der Waals surface area contributed by atoms with Gasteiger partial charge in [0, 0.05) is 24.7 Å². The molecule has 0 radical (unpaired) electrons. The van der Waals surface area contributed by atoms with Gasteiger partial charge in [-0.25, -0.2) is 0 Å². The maximum atomic E-state index is 12.8. The molecule has 1 aromatic carbocycles. The van der Waals surface area contributed by atoms with Gasteiger partial charge in [-0.3, -0.25) is 14.7 Å². The Morgan fingerprint density at radius 2 is 2.03 bits per heavy atom. The lowest BCUT2D eigenvalue weighted by atomic mass is 9.86. The Bertz CT molecular complexity index is 924. The normalized spacial score (nSPS) is 19.8. The van der Waals surface area contributed by atoms with E-state index in [1.165, 1.54) is 11.1 Å². The minimum absolute atomic E-state index is 0.0619. The molecular formula is C25H33N3O3. The average molecular weight is 424 g/mol. The van der Waals surface area contributed by atoms with Crippen molar-refractivity contribution >= 4 is 5.91 Å². The van der Waals surface area contributed by atoms with E-state index in [0.717, 1.165) is 49.7 Å². The highest BCUT2D eigenvalue weighted by atomic mass is 16.7. The summed E-state index contributed by atoms with van der Waals surface area (Å²) in [6.07, 6.45) is 3.98. The van der Waals surface area contributed by atoms with E-state index in [1.54, 1.807) is 0 Å². The van der Waals surface area contributed by atoms with Crippen LogP contribution in [0.25, 0.3) is 0 Å². The summed E-state index contributed by atoms with van der Waals surface area (Å²) in [5.41, 5.74) is 2.98. The third-order valence-corrected chi connectivity index (χ3v) is 6.21. The zero-order valence-electron chi connectivity index (χ0n) is 19.0. The van der Waals surface area contributed by atoms with Gasteiger partial charge < -0.3 is 14.8 Å². The van der Waals surface area contributed by atoms with Crippen LogP contribution < -0.4 is 14.8 Å². The number of hydrogen-bond donors (Lipinski definition) is 1. The van der Waals surface area contributed by atoms with Gasteiger partial charge in [-0.15, -0.1) is 0 Å². The number of hydrogen-bond acceptors (Lipinski definition) is 5. The summed E-state index contributed by atoms with van der Waals surface area (Å²) in [6.45, 7) is 11.1. The van der Waals surface area contributed by atoms with Crippen molar-refractivity contribution in [1.29, 1.82) is 0 Å². The van der Waals surface area contributed by atoms with Crippen LogP contribution in [0.15, 0.2) is 36.5 Å². The first-order chi connectivity index (χ1) is 14.8. The lowest BCUT2D eigenvalue weighted by Crippen LogP contribution is -2.45. The van der Waals surface area contributed by atoms with Crippen LogP contribution in [0.1, 0.15) is 56.5 Å². The Labute approximate surface area is 185 Å². The quantitative estimate of drug-likeness (QED) is 0.780. The molecule has 0 saturated carbocycles. The second kappa shape index (κ2) is 8.87. The van der Waals surface area contributed by atoms with Crippen molar-refractivity contribution in [2.45, 2.75) is 53.1 Å². The maximum absolute atomic E-state index is 12.8. The van der Waals surface area contributed by atoms with Gasteiger partial charge in [0.25, 0.3) is 0 Å². The van der Waals surface area contributed by atoms with Crippen LogP contribution >= 0.6 is 0 Å². The molecule has 4 rings (SSSR count). The molecule has 1 aromatic heterocycles. The average Bonchev–Trinajstić information content (AvgIpc) is 3.19. The van der Waals surface area contributed by atoms with E-state index in [9.17, 15) is 4.79 Å². The number of nitrogens with zero attached hydrogens (tertiary/aromatic N) is 2. The monoisotopic (exact) mass is 423 g/mol. The predicted molar refractivity (Wildman–Crippen MR) is 120 cm³/mol. The van der Waals surface area contributed by atoms with Crippen LogP contribution in [0.2, 0.25) is 0 Å². The number of benzene rings is 1. The highest BCUT2D eigenvalue weighted by Gasteiger charge is 2.33. The molecule has 2 aliphatic rings. The van der Waals surface area contributed by atoms with Crippen LogP contribution in [-0.4, -0.2) is 35.7 Å². The van der Waals surface area contributed by atoms with Crippen LogP contribution in [0.4, 0.5) is 0 Å². The third-order valence-electron chi connectivity index (χ3n) is 6.21. The third kappa shape index (κ3) is 5.01.